The largest absolute Gasteiger partial charge is 0.508 e. The van der Waals surface area contributed by atoms with E-state index in [0.717, 1.165) is 18.6 Å². The molecular weight excluding hydrogens is 338 g/mol. The van der Waals surface area contributed by atoms with Crippen molar-refractivity contribution in [3.63, 3.8) is 0 Å². The summed E-state index contributed by atoms with van der Waals surface area (Å²) in [7, 11) is 0. The Labute approximate surface area is 155 Å². The van der Waals surface area contributed by atoms with Crippen LogP contribution in [0, 0.1) is 0 Å². The van der Waals surface area contributed by atoms with Crippen LogP contribution in [0.3, 0.4) is 0 Å². The highest BCUT2D eigenvalue weighted by atomic mass is 35.5. The number of fused-ring (bicyclic) bond motifs is 1. The molecule has 0 bridgehead atoms. The molecule has 24 heavy (non-hydrogen) atoms. The quantitative estimate of drug-likeness (QED) is 0.850. The molecule has 0 saturated carbocycles. The van der Waals surface area contributed by atoms with E-state index in [1.165, 1.54) is 16.7 Å². The van der Waals surface area contributed by atoms with Crippen molar-refractivity contribution >= 4 is 24.2 Å². The van der Waals surface area contributed by atoms with Gasteiger partial charge in [-0.1, -0.05) is 50.2 Å². The molecule has 0 amide bonds. The molecule has 2 aromatic rings. The van der Waals surface area contributed by atoms with Gasteiger partial charge in [0.2, 0.25) is 0 Å². The van der Waals surface area contributed by atoms with Gasteiger partial charge in [0.15, 0.2) is 0 Å². The van der Waals surface area contributed by atoms with Crippen molar-refractivity contribution in [3.8, 4) is 5.75 Å². The third-order valence-corrected chi connectivity index (χ3v) is 6.34. The summed E-state index contributed by atoms with van der Waals surface area (Å²) >= 11 is 1.98. The summed E-state index contributed by atoms with van der Waals surface area (Å²) in [6.07, 6.45) is 2.07. The first-order valence-corrected chi connectivity index (χ1v) is 9.27. The molecule has 0 saturated heterocycles. The molecular formula is C20H26ClNOS. The zero-order valence-electron chi connectivity index (χ0n) is 14.2. The molecule has 0 fully saturated rings. The Morgan fingerprint density at radius 3 is 2.58 bits per heavy atom. The second-order valence-corrected chi connectivity index (χ2v) is 8.28. The molecule has 2 nitrogen and oxygen atoms in total. The molecule has 0 unspecified atom stereocenters. The maximum atomic E-state index is 9.79. The van der Waals surface area contributed by atoms with Crippen LogP contribution in [0.15, 0.2) is 48.5 Å². The number of aromatic hydroxyl groups is 1. The van der Waals surface area contributed by atoms with Crippen molar-refractivity contribution in [2.75, 3.05) is 5.75 Å². The second-order valence-electron chi connectivity index (χ2n) is 6.94. The van der Waals surface area contributed by atoms with Gasteiger partial charge in [0.05, 0.1) is 0 Å². The second kappa shape index (κ2) is 7.81. The van der Waals surface area contributed by atoms with Crippen molar-refractivity contribution in [1.82, 2.24) is 0 Å². The first-order chi connectivity index (χ1) is 11.0. The van der Waals surface area contributed by atoms with Crippen molar-refractivity contribution in [2.45, 2.75) is 43.4 Å². The van der Waals surface area contributed by atoms with E-state index in [4.69, 9.17) is 5.73 Å². The van der Waals surface area contributed by atoms with E-state index in [2.05, 4.69) is 50.2 Å². The third-order valence-electron chi connectivity index (χ3n) is 5.01. The standard InChI is InChI=1S/C20H25NOS.ClH/c1-20(2)17-13-16(22)9-8-15(17)12-18(19(20)21)23-11-10-14-6-4-3-5-7-14;/h3-9,13,18-19,22H,10-12,21H2,1-2H3;1H/t18-,19+;/m1./s1. The summed E-state index contributed by atoms with van der Waals surface area (Å²) in [5.41, 5.74) is 10.4. The third kappa shape index (κ3) is 3.90. The van der Waals surface area contributed by atoms with Gasteiger partial charge in [-0.05, 0) is 47.4 Å². The van der Waals surface area contributed by atoms with Crippen LogP contribution in [0.5, 0.6) is 5.75 Å². The van der Waals surface area contributed by atoms with Crippen LogP contribution in [-0.4, -0.2) is 22.2 Å². The van der Waals surface area contributed by atoms with Crippen LogP contribution in [0.1, 0.15) is 30.5 Å². The number of rotatable bonds is 4. The van der Waals surface area contributed by atoms with Crippen LogP contribution in [0.4, 0.5) is 0 Å². The fourth-order valence-corrected chi connectivity index (χ4v) is 4.97. The average Bonchev–Trinajstić information content (AvgIpc) is 2.54. The monoisotopic (exact) mass is 363 g/mol. The van der Waals surface area contributed by atoms with Gasteiger partial charge in [0, 0.05) is 16.7 Å². The highest BCUT2D eigenvalue weighted by Crippen LogP contribution is 2.41. The number of hydrogen-bond acceptors (Lipinski definition) is 3. The minimum Gasteiger partial charge on any atom is -0.508 e. The van der Waals surface area contributed by atoms with Gasteiger partial charge in [-0.15, -0.1) is 12.4 Å². The molecule has 0 radical (unpaired) electrons. The van der Waals surface area contributed by atoms with Crippen LogP contribution in [0.2, 0.25) is 0 Å². The smallest absolute Gasteiger partial charge is 0.115 e. The predicted octanol–water partition coefficient (Wildman–Crippen LogP) is 4.32. The van der Waals surface area contributed by atoms with Gasteiger partial charge in [0.25, 0.3) is 0 Å². The van der Waals surface area contributed by atoms with E-state index in [0.29, 0.717) is 11.0 Å². The molecule has 0 aromatic heterocycles. The number of thioether (sulfide) groups is 1. The van der Waals surface area contributed by atoms with Crippen LogP contribution >= 0.6 is 24.2 Å². The molecule has 2 aromatic carbocycles. The number of hydrogen-bond donors (Lipinski definition) is 2. The first-order valence-electron chi connectivity index (χ1n) is 8.22. The summed E-state index contributed by atoms with van der Waals surface area (Å²) < 4.78 is 0. The van der Waals surface area contributed by atoms with Crippen molar-refractivity contribution in [3.05, 3.63) is 65.2 Å². The Morgan fingerprint density at radius 2 is 1.88 bits per heavy atom. The highest BCUT2D eigenvalue weighted by Gasteiger charge is 2.40. The minimum absolute atomic E-state index is 0. The normalized spacial score (nSPS) is 21.6. The number of phenolic OH excluding ortho intramolecular Hbond substituents is 1. The van der Waals surface area contributed by atoms with Crippen LogP contribution < -0.4 is 5.73 Å². The van der Waals surface area contributed by atoms with Crippen molar-refractivity contribution in [1.29, 1.82) is 0 Å². The summed E-state index contributed by atoms with van der Waals surface area (Å²) in [5, 5.41) is 10.2. The lowest BCUT2D eigenvalue weighted by Crippen LogP contribution is -2.52. The molecule has 0 heterocycles. The fourth-order valence-electron chi connectivity index (χ4n) is 3.47. The maximum Gasteiger partial charge on any atom is 0.115 e. The molecule has 0 spiro atoms. The SMILES string of the molecule is CC1(C)c2cc(O)ccc2C[C@@H](SCCc2ccccc2)[C@@H]1N.Cl. The summed E-state index contributed by atoms with van der Waals surface area (Å²) in [6.45, 7) is 4.39. The Morgan fingerprint density at radius 1 is 1.17 bits per heavy atom. The molecule has 3 N–H and O–H groups in total. The lowest BCUT2D eigenvalue weighted by molar-refractivity contribution is 0.369. The molecule has 0 aliphatic heterocycles. The van der Waals surface area contributed by atoms with Gasteiger partial charge >= 0.3 is 0 Å². The molecule has 4 heteroatoms. The number of aryl methyl sites for hydroxylation is 1. The predicted molar refractivity (Wildman–Crippen MR) is 106 cm³/mol. The number of phenols is 1. The molecule has 2 atom stereocenters. The Hall–Kier alpha value is -1.16. The Kier molecular flexibility index (Phi) is 6.24. The zero-order valence-corrected chi connectivity index (χ0v) is 15.9. The van der Waals surface area contributed by atoms with Gasteiger partial charge in [-0.25, -0.2) is 0 Å². The summed E-state index contributed by atoms with van der Waals surface area (Å²) in [5.74, 6) is 1.42. The van der Waals surface area contributed by atoms with E-state index in [1.807, 2.05) is 17.8 Å². The minimum atomic E-state index is -0.114. The summed E-state index contributed by atoms with van der Waals surface area (Å²) in [4.78, 5) is 0. The van der Waals surface area contributed by atoms with E-state index in [9.17, 15) is 5.11 Å². The van der Waals surface area contributed by atoms with E-state index in [-0.39, 0.29) is 23.9 Å². The summed E-state index contributed by atoms with van der Waals surface area (Å²) in [6, 6.07) is 16.4. The first kappa shape index (κ1) is 19.2. The number of nitrogens with two attached hydrogens (primary N) is 1. The Bertz CT molecular complexity index is 675. The van der Waals surface area contributed by atoms with E-state index < -0.39 is 0 Å². The lowest BCUT2D eigenvalue weighted by atomic mass is 9.69. The van der Waals surface area contributed by atoms with Crippen LogP contribution in [0.25, 0.3) is 0 Å². The average molecular weight is 364 g/mol. The fraction of sp³-hybridized carbons (Fsp3) is 0.400. The number of halogens is 1. The van der Waals surface area contributed by atoms with E-state index in [1.54, 1.807) is 6.07 Å². The zero-order chi connectivity index (χ0) is 16.4. The van der Waals surface area contributed by atoms with Crippen LogP contribution in [-0.2, 0) is 18.3 Å². The Balaban J connectivity index is 0.00000208. The highest BCUT2D eigenvalue weighted by molar-refractivity contribution is 7.99. The van der Waals surface area contributed by atoms with Gasteiger partial charge in [-0.3, -0.25) is 0 Å². The van der Waals surface area contributed by atoms with Crippen molar-refractivity contribution < 1.29 is 5.11 Å². The van der Waals surface area contributed by atoms with E-state index >= 15 is 0 Å². The van der Waals surface area contributed by atoms with Gasteiger partial charge in [0.1, 0.15) is 5.75 Å². The molecule has 130 valence electrons. The molecule has 1 aliphatic carbocycles. The van der Waals surface area contributed by atoms with Gasteiger partial charge in [-0.2, -0.15) is 11.8 Å². The maximum absolute atomic E-state index is 9.79. The topological polar surface area (TPSA) is 46.2 Å². The van der Waals surface area contributed by atoms with Gasteiger partial charge < -0.3 is 10.8 Å². The van der Waals surface area contributed by atoms with Crippen molar-refractivity contribution in [2.24, 2.45) is 5.73 Å². The molecule has 1 aliphatic rings. The molecule has 3 rings (SSSR count). The lowest BCUT2D eigenvalue weighted by Gasteiger charge is -2.43. The number of benzene rings is 2.